The Morgan fingerprint density at radius 2 is 1.86 bits per heavy atom. The fourth-order valence-electron chi connectivity index (χ4n) is 4.44. The van der Waals surface area contributed by atoms with Crippen molar-refractivity contribution >= 4 is 56.3 Å². The minimum Gasteiger partial charge on any atom is -0.382 e. The fraction of sp³-hybridized carbons (Fsp3) is 0.188. The molecule has 3 N–H and O–H groups in total. The number of aryl methyl sites for hydroxylation is 1. The van der Waals surface area contributed by atoms with Crippen molar-refractivity contribution in [3.8, 4) is 0 Å². The molecular formula is C32H31ClF2N6S. The Hall–Kier alpha value is -4.21. The van der Waals surface area contributed by atoms with Crippen LogP contribution in [0.1, 0.15) is 35.6 Å². The molecule has 0 amide bonds. The zero-order valence-electron chi connectivity index (χ0n) is 23.6. The van der Waals surface area contributed by atoms with E-state index in [9.17, 15) is 8.78 Å². The van der Waals surface area contributed by atoms with Gasteiger partial charge in [-0.1, -0.05) is 42.2 Å². The number of nitrogens with one attached hydrogen (secondary N) is 1. The van der Waals surface area contributed by atoms with Crippen LogP contribution in [0.5, 0.6) is 0 Å². The highest BCUT2D eigenvalue weighted by Gasteiger charge is 2.29. The lowest BCUT2D eigenvalue weighted by molar-refractivity contribution is 0.619. The van der Waals surface area contributed by atoms with Gasteiger partial charge in [0.25, 0.3) is 0 Å². The SMILES string of the molecule is C=C(Nc1ccc(C)c(F)c1)C1=Cc2nc(N(C)C)sc2N(c2ccc(F)cc2)C1=C.Nc1nccc(C2CC2)c1Cl. The fourth-order valence-corrected chi connectivity index (χ4v) is 5.72. The van der Waals surface area contributed by atoms with Crippen LogP contribution in [0.15, 0.2) is 84.9 Å². The van der Waals surface area contributed by atoms with Crippen LogP contribution in [0, 0.1) is 18.6 Å². The number of anilines is 5. The summed E-state index contributed by atoms with van der Waals surface area (Å²) in [6, 6.07) is 13.1. The van der Waals surface area contributed by atoms with E-state index < -0.39 is 0 Å². The Kier molecular flexibility index (Phi) is 8.34. The van der Waals surface area contributed by atoms with Crippen LogP contribution in [0.4, 0.5) is 36.1 Å². The van der Waals surface area contributed by atoms with Gasteiger partial charge in [-0.15, -0.1) is 0 Å². The number of pyridine rings is 1. The molecule has 3 heterocycles. The number of fused-ring (bicyclic) bond motifs is 1. The quantitative estimate of drug-likeness (QED) is 0.229. The highest BCUT2D eigenvalue weighted by atomic mass is 35.5. The number of aromatic nitrogens is 2. The summed E-state index contributed by atoms with van der Waals surface area (Å²) in [5.41, 5.74) is 11.4. The van der Waals surface area contributed by atoms with Gasteiger partial charge in [-0.25, -0.2) is 18.7 Å². The van der Waals surface area contributed by atoms with Crippen molar-refractivity contribution < 1.29 is 8.78 Å². The molecule has 6 rings (SSSR count). The zero-order valence-corrected chi connectivity index (χ0v) is 25.2. The summed E-state index contributed by atoms with van der Waals surface area (Å²) in [6.07, 6.45) is 6.11. The monoisotopic (exact) mass is 604 g/mol. The van der Waals surface area contributed by atoms with E-state index in [1.54, 1.807) is 37.4 Å². The molecule has 1 saturated carbocycles. The molecular weight excluding hydrogens is 574 g/mol. The maximum absolute atomic E-state index is 14.0. The summed E-state index contributed by atoms with van der Waals surface area (Å²) in [5.74, 6) is 0.497. The van der Waals surface area contributed by atoms with Crippen molar-refractivity contribution in [2.75, 3.05) is 34.9 Å². The molecule has 1 aliphatic heterocycles. The maximum Gasteiger partial charge on any atom is 0.187 e. The second-order valence-electron chi connectivity index (χ2n) is 10.3. The smallest absolute Gasteiger partial charge is 0.187 e. The van der Waals surface area contributed by atoms with Gasteiger partial charge in [0, 0.05) is 48.6 Å². The Morgan fingerprint density at radius 1 is 1.14 bits per heavy atom. The molecule has 4 aromatic rings. The predicted molar refractivity (Wildman–Crippen MR) is 172 cm³/mol. The first-order valence-electron chi connectivity index (χ1n) is 13.3. The molecule has 1 aliphatic carbocycles. The minimum absolute atomic E-state index is 0.292. The molecule has 42 heavy (non-hydrogen) atoms. The summed E-state index contributed by atoms with van der Waals surface area (Å²) < 4.78 is 27.5. The number of nitrogens with zero attached hydrogens (tertiary/aromatic N) is 4. The van der Waals surface area contributed by atoms with Crippen molar-refractivity contribution in [1.29, 1.82) is 0 Å². The lowest BCUT2D eigenvalue weighted by atomic mass is 10.0. The molecule has 0 saturated heterocycles. The van der Waals surface area contributed by atoms with E-state index in [-0.39, 0.29) is 11.6 Å². The lowest BCUT2D eigenvalue weighted by Crippen LogP contribution is -2.22. The van der Waals surface area contributed by atoms with Crippen molar-refractivity contribution in [3.63, 3.8) is 0 Å². The van der Waals surface area contributed by atoms with Crippen molar-refractivity contribution in [2.45, 2.75) is 25.7 Å². The molecule has 2 aromatic carbocycles. The predicted octanol–water partition coefficient (Wildman–Crippen LogP) is 8.66. The van der Waals surface area contributed by atoms with E-state index in [0.717, 1.165) is 27.1 Å². The number of hydrogen-bond acceptors (Lipinski definition) is 7. The third kappa shape index (κ3) is 6.17. The number of benzene rings is 2. The summed E-state index contributed by atoms with van der Waals surface area (Å²) >= 11 is 7.46. The Balaban J connectivity index is 0.000000267. The first-order valence-corrected chi connectivity index (χ1v) is 14.5. The van der Waals surface area contributed by atoms with Gasteiger partial charge in [-0.3, -0.25) is 4.90 Å². The molecule has 2 aliphatic rings. The third-order valence-electron chi connectivity index (χ3n) is 6.91. The maximum atomic E-state index is 14.0. The Labute approximate surface area is 253 Å². The second kappa shape index (κ2) is 12.0. The third-order valence-corrected chi connectivity index (χ3v) is 8.55. The van der Waals surface area contributed by atoms with E-state index in [1.165, 1.54) is 47.9 Å². The van der Waals surface area contributed by atoms with E-state index >= 15 is 0 Å². The van der Waals surface area contributed by atoms with Crippen molar-refractivity contribution in [3.05, 3.63) is 118 Å². The van der Waals surface area contributed by atoms with Crippen LogP contribution >= 0.6 is 22.9 Å². The number of thiazole rings is 1. The average molecular weight is 605 g/mol. The van der Waals surface area contributed by atoms with Crippen molar-refractivity contribution in [2.24, 2.45) is 0 Å². The van der Waals surface area contributed by atoms with Crippen LogP contribution in [0.3, 0.4) is 0 Å². The van der Waals surface area contributed by atoms with Crippen LogP contribution in [0.2, 0.25) is 5.02 Å². The highest BCUT2D eigenvalue weighted by Crippen LogP contribution is 2.47. The molecule has 0 atom stereocenters. The summed E-state index contributed by atoms with van der Waals surface area (Å²) in [5, 5.41) is 5.54. The van der Waals surface area contributed by atoms with Gasteiger partial charge >= 0.3 is 0 Å². The molecule has 0 spiro atoms. The average Bonchev–Trinajstić information content (AvgIpc) is 3.71. The molecule has 216 valence electrons. The minimum atomic E-state index is -0.312. The second-order valence-corrected chi connectivity index (χ2v) is 11.7. The first-order chi connectivity index (χ1) is 20.0. The number of rotatable bonds is 6. The Morgan fingerprint density at radius 3 is 2.50 bits per heavy atom. The highest BCUT2D eigenvalue weighted by molar-refractivity contribution is 7.20. The normalized spacial score (nSPS) is 14.0. The molecule has 1 fully saturated rings. The molecule has 0 radical (unpaired) electrons. The van der Waals surface area contributed by atoms with Gasteiger partial charge < -0.3 is 16.0 Å². The van der Waals surface area contributed by atoms with E-state index in [1.807, 2.05) is 36.0 Å². The zero-order chi connectivity index (χ0) is 30.1. The number of nitrogen functional groups attached to an aromatic ring is 1. The molecule has 0 unspecified atom stereocenters. The first kappa shape index (κ1) is 29.3. The van der Waals surface area contributed by atoms with Gasteiger partial charge in [0.2, 0.25) is 0 Å². The lowest BCUT2D eigenvalue weighted by Gasteiger charge is -2.31. The molecule has 6 nitrogen and oxygen atoms in total. The van der Waals surface area contributed by atoms with Crippen LogP contribution in [-0.2, 0) is 0 Å². The summed E-state index contributed by atoms with van der Waals surface area (Å²) in [7, 11) is 3.86. The van der Waals surface area contributed by atoms with E-state index in [0.29, 0.717) is 39.4 Å². The molecule has 0 bridgehead atoms. The van der Waals surface area contributed by atoms with Gasteiger partial charge in [0.1, 0.15) is 28.1 Å². The summed E-state index contributed by atoms with van der Waals surface area (Å²) in [4.78, 5) is 12.5. The van der Waals surface area contributed by atoms with E-state index in [2.05, 4.69) is 23.5 Å². The van der Waals surface area contributed by atoms with Gasteiger partial charge in [-0.2, -0.15) is 0 Å². The van der Waals surface area contributed by atoms with Crippen LogP contribution in [-0.4, -0.2) is 24.1 Å². The Bertz CT molecular complexity index is 1690. The van der Waals surface area contributed by atoms with Crippen LogP contribution < -0.4 is 20.9 Å². The number of halogens is 3. The van der Waals surface area contributed by atoms with E-state index in [4.69, 9.17) is 22.3 Å². The van der Waals surface area contributed by atoms with Gasteiger partial charge in [0.05, 0.1) is 5.02 Å². The standard InChI is InChI=1S/C24H22F2N4S.C8H9ClN2/c1-14-6-9-18(12-21(14)26)27-15(2)20-13-22-23(31-24(28-22)29(4)5)30(16(20)3)19-10-7-17(25)8-11-19;9-7-6(5-1-2-5)3-4-11-8(7)10/h6-13,27H,2-3H2,1,4-5H3;3-5H,1-2H2,(H2,10,11). The molecule has 2 aromatic heterocycles. The largest absolute Gasteiger partial charge is 0.382 e. The topological polar surface area (TPSA) is 70.3 Å². The summed E-state index contributed by atoms with van der Waals surface area (Å²) in [6.45, 7) is 10.1. The number of hydrogen-bond donors (Lipinski definition) is 2. The number of nitrogens with two attached hydrogens (primary N) is 1. The van der Waals surface area contributed by atoms with Gasteiger partial charge in [-0.05, 0) is 85.4 Å². The van der Waals surface area contributed by atoms with Crippen LogP contribution in [0.25, 0.3) is 6.08 Å². The van der Waals surface area contributed by atoms with Crippen molar-refractivity contribution in [1.82, 2.24) is 9.97 Å². The van der Waals surface area contributed by atoms with Gasteiger partial charge in [0.15, 0.2) is 5.13 Å². The molecule has 10 heteroatoms.